The summed E-state index contributed by atoms with van der Waals surface area (Å²) in [6.45, 7) is -0.0816. The molecule has 20 heavy (non-hydrogen) atoms. The molecule has 1 aromatic rings. The van der Waals surface area contributed by atoms with Crippen molar-refractivity contribution in [1.82, 2.24) is 0 Å². The van der Waals surface area contributed by atoms with E-state index in [-0.39, 0.29) is 17.9 Å². The number of nitro benzene ring substituents is 1. The maximum absolute atomic E-state index is 11.1. The van der Waals surface area contributed by atoms with Gasteiger partial charge in [-0.05, 0) is 25.0 Å². The predicted molar refractivity (Wildman–Crippen MR) is 73.5 cm³/mol. The molecule has 1 saturated carbocycles. The van der Waals surface area contributed by atoms with Gasteiger partial charge in [0.2, 0.25) is 5.91 Å². The highest BCUT2D eigenvalue weighted by Gasteiger charge is 2.34. The molecule has 0 saturated heterocycles. The number of benzene rings is 1. The lowest BCUT2D eigenvalue weighted by atomic mass is 9.98. The first-order chi connectivity index (χ1) is 9.47. The van der Waals surface area contributed by atoms with E-state index in [2.05, 4.69) is 5.32 Å². The number of carbonyl (C=O) groups is 1. The van der Waals surface area contributed by atoms with Crippen LogP contribution in [0.5, 0.6) is 0 Å². The lowest BCUT2D eigenvalue weighted by Crippen LogP contribution is -2.39. The van der Waals surface area contributed by atoms with E-state index >= 15 is 0 Å². The quantitative estimate of drug-likeness (QED) is 0.556. The number of nitrogens with two attached hydrogens (primary N) is 1. The standard InChI is InChI=1S/C13H17N3O4/c14-12(18)9-3-4-10(11(7-9)16(19)20)15-13(8-17)5-1-2-6-13/h3-4,7,15,17H,1-2,5-6,8H2,(H2,14,18). The molecule has 4 N–H and O–H groups in total. The number of amides is 1. The number of nitrogens with zero attached hydrogens (tertiary/aromatic N) is 1. The lowest BCUT2D eigenvalue weighted by Gasteiger charge is -2.29. The van der Waals surface area contributed by atoms with Crippen LogP contribution in [0.25, 0.3) is 0 Å². The summed E-state index contributed by atoms with van der Waals surface area (Å²) >= 11 is 0. The van der Waals surface area contributed by atoms with Crippen molar-refractivity contribution in [2.75, 3.05) is 11.9 Å². The number of anilines is 1. The van der Waals surface area contributed by atoms with Crippen LogP contribution in [0, 0.1) is 10.1 Å². The maximum Gasteiger partial charge on any atom is 0.293 e. The van der Waals surface area contributed by atoms with Gasteiger partial charge in [-0.3, -0.25) is 14.9 Å². The third-order valence-corrected chi connectivity index (χ3v) is 3.74. The van der Waals surface area contributed by atoms with Crippen molar-refractivity contribution in [3.05, 3.63) is 33.9 Å². The SMILES string of the molecule is NC(=O)c1ccc(NC2(CO)CCCC2)c([N+](=O)[O-])c1. The number of aliphatic hydroxyl groups excluding tert-OH is 1. The van der Waals surface area contributed by atoms with Gasteiger partial charge >= 0.3 is 0 Å². The molecule has 7 nitrogen and oxygen atoms in total. The summed E-state index contributed by atoms with van der Waals surface area (Å²) < 4.78 is 0. The Morgan fingerprint density at radius 1 is 1.45 bits per heavy atom. The van der Waals surface area contributed by atoms with Crippen LogP contribution in [0.3, 0.4) is 0 Å². The van der Waals surface area contributed by atoms with Crippen LogP contribution in [0.2, 0.25) is 0 Å². The Morgan fingerprint density at radius 3 is 2.60 bits per heavy atom. The minimum atomic E-state index is -0.711. The number of aliphatic hydroxyl groups is 1. The second-order valence-electron chi connectivity index (χ2n) is 5.12. The summed E-state index contributed by atoms with van der Waals surface area (Å²) in [5.74, 6) is -0.711. The molecule has 1 aromatic carbocycles. The molecule has 0 bridgehead atoms. The van der Waals surface area contributed by atoms with Gasteiger partial charge in [0.25, 0.3) is 5.69 Å². The van der Waals surface area contributed by atoms with Crippen molar-refractivity contribution in [2.24, 2.45) is 5.73 Å². The molecule has 0 radical (unpaired) electrons. The molecule has 0 spiro atoms. The van der Waals surface area contributed by atoms with Crippen molar-refractivity contribution in [3.8, 4) is 0 Å². The average molecular weight is 279 g/mol. The number of hydrogen-bond acceptors (Lipinski definition) is 5. The van der Waals surface area contributed by atoms with Gasteiger partial charge in [-0.25, -0.2) is 0 Å². The number of nitro groups is 1. The first-order valence-electron chi connectivity index (χ1n) is 6.45. The molecular formula is C13H17N3O4. The van der Waals surface area contributed by atoms with Gasteiger partial charge in [0.15, 0.2) is 0 Å². The Hall–Kier alpha value is -2.15. The fraction of sp³-hybridized carbons (Fsp3) is 0.462. The Morgan fingerprint density at radius 2 is 2.10 bits per heavy atom. The Kier molecular flexibility index (Phi) is 3.89. The van der Waals surface area contributed by atoms with E-state index in [0.717, 1.165) is 31.7 Å². The molecular weight excluding hydrogens is 262 g/mol. The van der Waals surface area contributed by atoms with Crippen LogP contribution < -0.4 is 11.1 Å². The van der Waals surface area contributed by atoms with Crippen molar-refractivity contribution in [1.29, 1.82) is 0 Å². The van der Waals surface area contributed by atoms with Gasteiger partial charge in [0.1, 0.15) is 5.69 Å². The Bertz CT molecular complexity index is 538. The molecule has 1 fully saturated rings. The zero-order valence-corrected chi connectivity index (χ0v) is 11.0. The highest BCUT2D eigenvalue weighted by molar-refractivity contribution is 5.94. The molecule has 0 atom stereocenters. The number of hydrogen-bond donors (Lipinski definition) is 3. The second kappa shape index (κ2) is 5.46. The molecule has 0 aromatic heterocycles. The number of nitrogens with one attached hydrogen (secondary N) is 1. The number of primary amides is 1. The van der Waals surface area contributed by atoms with Crippen LogP contribution in [0.15, 0.2) is 18.2 Å². The molecule has 1 aliphatic carbocycles. The van der Waals surface area contributed by atoms with Crippen LogP contribution in [0.4, 0.5) is 11.4 Å². The van der Waals surface area contributed by atoms with E-state index < -0.39 is 16.4 Å². The minimum Gasteiger partial charge on any atom is -0.394 e. The topological polar surface area (TPSA) is 118 Å². The highest BCUT2D eigenvalue weighted by atomic mass is 16.6. The van der Waals surface area contributed by atoms with Crippen molar-refractivity contribution in [2.45, 2.75) is 31.2 Å². The van der Waals surface area contributed by atoms with Crippen LogP contribution in [-0.4, -0.2) is 28.1 Å². The lowest BCUT2D eigenvalue weighted by molar-refractivity contribution is -0.384. The Balaban J connectivity index is 2.35. The summed E-state index contributed by atoms with van der Waals surface area (Å²) in [6.07, 6.45) is 3.47. The van der Waals surface area contributed by atoms with Gasteiger partial charge in [-0.15, -0.1) is 0 Å². The normalized spacial score (nSPS) is 16.9. The van der Waals surface area contributed by atoms with E-state index in [1.54, 1.807) is 0 Å². The molecule has 0 aliphatic heterocycles. The van der Waals surface area contributed by atoms with Crippen molar-refractivity contribution in [3.63, 3.8) is 0 Å². The third-order valence-electron chi connectivity index (χ3n) is 3.74. The zero-order chi connectivity index (χ0) is 14.8. The third kappa shape index (κ3) is 2.72. The van der Waals surface area contributed by atoms with Crippen LogP contribution in [-0.2, 0) is 0 Å². The monoisotopic (exact) mass is 279 g/mol. The van der Waals surface area contributed by atoms with E-state index in [4.69, 9.17) is 5.73 Å². The maximum atomic E-state index is 11.1. The van der Waals surface area contributed by atoms with E-state index in [1.807, 2.05) is 0 Å². The Labute approximate surface area is 115 Å². The van der Waals surface area contributed by atoms with Gasteiger partial charge in [0.05, 0.1) is 17.1 Å². The molecule has 2 rings (SSSR count). The highest BCUT2D eigenvalue weighted by Crippen LogP contribution is 2.36. The molecule has 0 heterocycles. The van der Waals surface area contributed by atoms with Crippen LogP contribution >= 0.6 is 0 Å². The van der Waals surface area contributed by atoms with E-state index in [1.165, 1.54) is 12.1 Å². The minimum absolute atomic E-state index is 0.0816. The fourth-order valence-corrected chi connectivity index (χ4v) is 2.60. The summed E-state index contributed by atoms with van der Waals surface area (Å²) in [4.78, 5) is 21.6. The predicted octanol–water partition coefficient (Wildman–Crippen LogP) is 1.41. The molecule has 1 amide bonds. The van der Waals surface area contributed by atoms with Crippen molar-refractivity contribution >= 4 is 17.3 Å². The van der Waals surface area contributed by atoms with E-state index in [9.17, 15) is 20.0 Å². The smallest absolute Gasteiger partial charge is 0.293 e. The van der Waals surface area contributed by atoms with Gasteiger partial charge in [-0.2, -0.15) is 0 Å². The summed E-state index contributed by atoms with van der Waals surface area (Å²) in [7, 11) is 0. The summed E-state index contributed by atoms with van der Waals surface area (Å²) in [5.41, 5.74) is 4.80. The first kappa shape index (κ1) is 14.3. The second-order valence-corrected chi connectivity index (χ2v) is 5.12. The average Bonchev–Trinajstić information content (AvgIpc) is 2.88. The van der Waals surface area contributed by atoms with Crippen molar-refractivity contribution < 1.29 is 14.8 Å². The first-order valence-corrected chi connectivity index (χ1v) is 6.45. The van der Waals surface area contributed by atoms with Gasteiger partial charge < -0.3 is 16.2 Å². The van der Waals surface area contributed by atoms with Gasteiger partial charge in [0, 0.05) is 11.6 Å². The molecule has 1 aliphatic rings. The molecule has 0 unspecified atom stereocenters. The summed E-state index contributed by atoms with van der Waals surface area (Å²) in [6, 6.07) is 4.07. The fourth-order valence-electron chi connectivity index (χ4n) is 2.60. The number of carbonyl (C=O) groups excluding carboxylic acids is 1. The largest absolute Gasteiger partial charge is 0.394 e. The van der Waals surface area contributed by atoms with Gasteiger partial charge in [-0.1, -0.05) is 12.8 Å². The summed E-state index contributed by atoms with van der Waals surface area (Å²) in [5, 5.41) is 23.7. The van der Waals surface area contributed by atoms with Crippen LogP contribution in [0.1, 0.15) is 36.0 Å². The zero-order valence-electron chi connectivity index (χ0n) is 11.0. The molecule has 7 heteroatoms. The number of rotatable bonds is 5. The van der Waals surface area contributed by atoms with E-state index in [0.29, 0.717) is 5.69 Å². The molecule has 108 valence electrons.